The predicted octanol–water partition coefficient (Wildman–Crippen LogP) is 3.64. The summed E-state index contributed by atoms with van der Waals surface area (Å²) >= 11 is 1.39. The molecule has 0 saturated heterocycles. The zero-order valence-electron chi connectivity index (χ0n) is 14.1. The summed E-state index contributed by atoms with van der Waals surface area (Å²) in [7, 11) is 0. The van der Waals surface area contributed by atoms with Crippen molar-refractivity contribution in [3.05, 3.63) is 58.8 Å². The van der Waals surface area contributed by atoms with E-state index in [1.807, 2.05) is 35.7 Å². The number of carbonyl (C=O) groups is 2. The molecule has 1 aromatic heterocycles. The molecule has 1 aliphatic carbocycles. The van der Waals surface area contributed by atoms with Crippen LogP contribution in [0.25, 0.3) is 0 Å². The number of ether oxygens (including phenoxy) is 1. The lowest BCUT2D eigenvalue weighted by molar-refractivity contribution is -0.131. The molecule has 0 radical (unpaired) electrons. The molecule has 0 bridgehead atoms. The zero-order valence-corrected chi connectivity index (χ0v) is 14.9. The highest BCUT2D eigenvalue weighted by Gasteiger charge is 2.52. The van der Waals surface area contributed by atoms with Gasteiger partial charge < -0.3 is 4.74 Å². The van der Waals surface area contributed by atoms with Crippen LogP contribution in [0.1, 0.15) is 37.3 Å². The van der Waals surface area contributed by atoms with Crippen LogP contribution in [0, 0.1) is 5.92 Å². The van der Waals surface area contributed by atoms with E-state index in [0.717, 1.165) is 31.2 Å². The van der Waals surface area contributed by atoms with Crippen LogP contribution in [0.3, 0.4) is 0 Å². The molecule has 2 aromatic rings. The Kier molecular flexibility index (Phi) is 3.67. The van der Waals surface area contributed by atoms with Crippen LogP contribution in [0.2, 0.25) is 0 Å². The van der Waals surface area contributed by atoms with Crippen LogP contribution in [-0.4, -0.2) is 22.8 Å². The van der Waals surface area contributed by atoms with Crippen LogP contribution < -0.4 is 4.90 Å². The smallest absolute Gasteiger partial charge is 0.296 e. The van der Waals surface area contributed by atoms with Gasteiger partial charge in [0.1, 0.15) is 6.10 Å². The Balaban J connectivity index is 1.66. The summed E-state index contributed by atoms with van der Waals surface area (Å²) in [6, 6.07) is 9.23. The molecule has 1 saturated carbocycles. The number of nitrogens with zero attached hydrogens (tertiary/aromatic N) is 2. The third kappa shape index (κ3) is 2.25. The molecule has 132 valence electrons. The van der Waals surface area contributed by atoms with Crippen molar-refractivity contribution in [1.29, 1.82) is 0 Å². The maximum absolute atomic E-state index is 13.4. The number of hydrogen-bond donors (Lipinski definition) is 0. The normalized spacial score (nSPS) is 28.0. The Morgan fingerprint density at radius 3 is 2.69 bits per heavy atom. The molecule has 3 unspecified atom stereocenters. The SMILES string of the molecule is O=C1C2=C(OC3CCCCC13)C(=O)N(c1nccs1)C2c1ccccc1. The van der Waals surface area contributed by atoms with Crippen molar-refractivity contribution in [2.24, 2.45) is 5.92 Å². The molecule has 5 rings (SSSR count). The lowest BCUT2D eigenvalue weighted by Crippen LogP contribution is -2.39. The fourth-order valence-electron chi connectivity index (χ4n) is 4.33. The van der Waals surface area contributed by atoms with E-state index in [-0.39, 0.29) is 29.5 Å². The van der Waals surface area contributed by atoms with Crippen LogP contribution >= 0.6 is 11.3 Å². The predicted molar refractivity (Wildman–Crippen MR) is 97.6 cm³/mol. The second-order valence-electron chi connectivity index (χ2n) is 6.96. The van der Waals surface area contributed by atoms with Crippen molar-refractivity contribution < 1.29 is 14.3 Å². The third-order valence-electron chi connectivity index (χ3n) is 5.50. The van der Waals surface area contributed by atoms with Gasteiger partial charge >= 0.3 is 0 Å². The number of anilines is 1. The molecule has 5 nitrogen and oxygen atoms in total. The van der Waals surface area contributed by atoms with Gasteiger partial charge in [-0.3, -0.25) is 14.5 Å². The molecule has 0 spiro atoms. The summed E-state index contributed by atoms with van der Waals surface area (Å²) in [6.07, 6.45) is 5.28. The van der Waals surface area contributed by atoms with Gasteiger partial charge in [-0.05, 0) is 24.8 Å². The number of hydrogen-bond acceptors (Lipinski definition) is 5. The number of ketones is 1. The number of carbonyl (C=O) groups excluding carboxylic acids is 2. The first-order chi connectivity index (χ1) is 12.8. The summed E-state index contributed by atoms with van der Waals surface area (Å²) in [5.41, 5.74) is 1.42. The fourth-order valence-corrected chi connectivity index (χ4v) is 4.99. The molecule has 1 fully saturated rings. The molecule has 3 aliphatic rings. The first-order valence-electron chi connectivity index (χ1n) is 8.98. The summed E-state index contributed by atoms with van der Waals surface area (Å²) in [4.78, 5) is 32.5. The van der Waals surface area contributed by atoms with Gasteiger partial charge in [0.05, 0.1) is 17.5 Å². The van der Waals surface area contributed by atoms with Crippen molar-refractivity contribution in [1.82, 2.24) is 4.98 Å². The van der Waals surface area contributed by atoms with Crippen LogP contribution in [0.15, 0.2) is 53.2 Å². The largest absolute Gasteiger partial charge is 0.483 e. The maximum Gasteiger partial charge on any atom is 0.296 e. The zero-order chi connectivity index (χ0) is 17.7. The van der Waals surface area contributed by atoms with Crippen LogP contribution in [-0.2, 0) is 14.3 Å². The number of thiazole rings is 1. The monoisotopic (exact) mass is 366 g/mol. The molecule has 3 heterocycles. The molecule has 6 heteroatoms. The van der Waals surface area contributed by atoms with Gasteiger partial charge in [-0.1, -0.05) is 36.8 Å². The Morgan fingerprint density at radius 2 is 1.92 bits per heavy atom. The quantitative estimate of drug-likeness (QED) is 0.814. The van der Waals surface area contributed by atoms with Crippen molar-refractivity contribution in [2.75, 3.05) is 4.90 Å². The lowest BCUT2D eigenvalue weighted by Gasteiger charge is -2.35. The summed E-state index contributed by atoms with van der Waals surface area (Å²) in [5, 5.41) is 2.43. The van der Waals surface area contributed by atoms with Crippen molar-refractivity contribution >= 4 is 28.2 Å². The van der Waals surface area contributed by atoms with Gasteiger partial charge in [0, 0.05) is 11.6 Å². The van der Waals surface area contributed by atoms with Crippen LogP contribution in [0.5, 0.6) is 0 Å². The number of Topliss-reactive ketones (excluding diaryl/α,β-unsaturated/α-hetero) is 1. The van der Waals surface area contributed by atoms with E-state index in [4.69, 9.17) is 4.74 Å². The number of benzene rings is 1. The average molecular weight is 366 g/mol. The standard InChI is InChI=1S/C20H18N2O3S/c23-17-13-8-4-5-9-14(13)25-18-15(17)16(12-6-2-1-3-7-12)22(19(18)24)20-21-10-11-26-20/h1-3,6-7,10-11,13-14,16H,4-5,8-9H2. The second-order valence-corrected chi connectivity index (χ2v) is 7.83. The minimum atomic E-state index is -0.458. The maximum atomic E-state index is 13.4. The minimum Gasteiger partial charge on any atom is -0.483 e. The lowest BCUT2D eigenvalue weighted by atomic mass is 9.77. The summed E-state index contributed by atoms with van der Waals surface area (Å²) in [5.74, 6) is -0.0571. The van der Waals surface area contributed by atoms with E-state index in [1.54, 1.807) is 11.1 Å². The van der Waals surface area contributed by atoms with E-state index < -0.39 is 6.04 Å². The molecule has 1 aromatic carbocycles. The first kappa shape index (κ1) is 15.8. The van der Waals surface area contributed by atoms with E-state index in [1.165, 1.54) is 11.3 Å². The van der Waals surface area contributed by atoms with E-state index in [2.05, 4.69) is 4.98 Å². The number of fused-ring (bicyclic) bond motifs is 1. The second kappa shape index (κ2) is 6.06. The van der Waals surface area contributed by atoms with Gasteiger partial charge in [-0.2, -0.15) is 0 Å². The van der Waals surface area contributed by atoms with E-state index in [9.17, 15) is 9.59 Å². The fraction of sp³-hybridized carbons (Fsp3) is 0.350. The Morgan fingerprint density at radius 1 is 1.12 bits per heavy atom. The molecule has 2 aliphatic heterocycles. The van der Waals surface area contributed by atoms with E-state index >= 15 is 0 Å². The Hall–Kier alpha value is -2.47. The van der Waals surface area contributed by atoms with Gasteiger partial charge in [0.15, 0.2) is 16.7 Å². The minimum absolute atomic E-state index is 0.0807. The molecule has 0 N–H and O–H groups in total. The first-order valence-corrected chi connectivity index (χ1v) is 9.86. The number of amides is 1. The highest BCUT2D eigenvalue weighted by Crippen LogP contribution is 2.48. The Bertz CT molecular complexity index is 891. The van der Waals surface area contributed by atoms with Crippen molar-refractivity contribution in [2.45, 2.75) is 37.8 Å². The van der Waals surface area contributed by atoms with Crippen molar-refractivity contribution in [3.63, 3.8) is 0 Å². The average Bonchev–Trinajstić information content (AvgIpc) is 3.30. The number of rotatable bonds is 2. The molecular weight excluding hydrogens is 348 g/mol. The molecule has 1 amide bonds. The van der Waals surface area contributed by atoms with Gasteiger partial charge in [-0.15, -0.1) is 11.3 Å². The topological polar surface area (TPSA) is 59.5 Å². The summed E-state index contributed by atoms with van der Waals surface area (Å²) < 4.78 is 6.12. The Labute approximate surface area is 155 Å². The highest BCUT2D eigenvalue weighted by molar-refractivity contribution is 7.13. The molecular formula is C20H18N2O3S. The molecule has 26 heavy (non-hydrogen) atoms. The van der Waals surface area contributed by atoms with Crippen molar-refractivity contribution in [3.8, 4) is 0 Å². The van der Waals surface area contributed by atoms with Gasteiger partial charge in [0.2, 0.25) is 0 Å². The molecule has 3 atom stereocenters. The summed E-state index contributed by atoms with van der Waals surface area (Å²) in [6.45, 7) is 0. The van der Waals surface area contributed by atoms with Gasteiger partial charge in [0.25, 0.3) is 5.91 Å². The van der Waals surface area contributed by atoms with Gasteiger partial charge in [-0.25, -0.2) is 4.98 Å². The highest BCUT2D eigenvalue weighted by atomic mass is 32.1. The number of aromatic nitrogens is 1. The third-order valence-corrected chi connectivity index (χ3v) is 6.27. The van der Waals surface area contributed by atoms with E-state index in [0.29, 0.717) is 10.7 Å². The van der Waals surface area contributed by atoms with Crippen LogP contribution in [0.4, 0.5) is 5.13 Å².